The van der Waals surface area contributed by atoms with Gasteiger partial charge in [0.15, 0.2) is 11.6 Å². The maximum absolute atomic E-state index is 11.6. The number of thiophene rings is 1. The molecule has 0 aromatic carbocycles. The number of aromatic nitrogens is 5. The smallest absolute Gasteiger partial charge is 0.225 e. The summed E-state index contributed by atoms with van der Waals surface area (Å²) in [6.07, 6.45) is 3.36. The Kier molecular flexibility index (Phi) is 3.69. The fourth-order valence-corrected chi connectivity index (χ4v) is 2.35. The minimum atomic E-state index is -0.102. The third-order valence-corrected chi connectivity index (χ3v) is 3.56. The van der Waals surface area contributed by atoms with E-state index in [1.54, 1.807) is 19.3 Å². The van der Waals surface area contributed by atoms with E-state index >= 15 is 0 Å². The summed E-state index contributed by atoms with van der Waals surface area (Å²) in [5, 5.41) is 8.75. The summed E-state index contributed by atoms with van der Waals surface area (Å²) in [4.78, 5) is 25.2. The summed E-state index contributed by atoms with van der Waals surface area (Å²) in [5.74, 6) is 1.45. The lowest BCUT2D eigenvalue weighted by Gasteiger charge is -2.07. The molecule has 0 bridgehead atoms. The van der Waals surface area contributed by atoms with Gasteiger partial charge in [0.25, 0.3) is 0 Å². The number of hydrogen-bond donors (Lipinski definition) is 1. The molecule has 8 heteroatoms. The normalized spacial score (nSPS) is 10.5. The largest absolute Gasteiger partial charge is 0.311 e. The van der Waals surface area contributed by atoms with Crippen LogP contribution in [0.4, 0.5) is 5.82 Å². The molecule has 0 aliphatic heterocycles. The van der Waals surface area contributed by atoms with Crippen LogP contribution in [0.3, 0.4) is 0 Å². The number of anilines is 1. The minimum absolute atomic E-state index is 0.102. The van der Waals surface area contributed by atoms with Crippen molar-refractivity contribution in [3.05, 3.63) is 36.2 Å². The Bertz CT molecular complexity index is 686. The van der Waals surface area contributed by atoms with Crippen LogP contribution in [0.5, 0.6) is 0 Å². The third-order valence-electron chi connectivity index (χ3n) is 2.70. The van der Waals surface area contributed by atoms with Gasteiger partial charge in [-0.25, -0.2) is 19.6 Å². The maximum Gasteiger partial charge on any atom is 0.225 e. The number of nitrogens with one attached hydrogen (secondary N) is 1. The van der Waals surface area contributed by atoms with Crippen LogP contribution >= 0.6 is 11.3 Å². The van der Waals surface area contributed by atoms with E-state index < -0.39 is 0 Å². The van der Waals surface area contributed by atoms with Gasteiger partial charge in [0.1, 0.15) is 18.5 Å². The first-order valence-corrected chi connectivity index (χ1v) is 7.22. The van der Waals surface area contributed by atoms with Gasteiger partial charge in [0.2, 0.25) is 5.91 Å². The fraction of sp³-hybridized carbons (Fsp3) is 0.154. The van der Waals surface area contributed by atoms with E-state index in [0.717, 1.165) is 4.88 Å². The van der Waals surface area contributed by atoms with Gasteiger partial charge in [-0.15, -0.1) is 11.3 Å². The van der Waals surface area contributed by atoms with Crippen LogP contribution < -0.4 is 5.32 Å². The van der Waals surface area contributed by atoms with Gasteiger partial charge in [-0.1, -0.05) is 13.0 Å². The van der Waals surface area contributed by atoms with Gasteiger partial charge in [0, 0.05) is 12.5 Å². The van der Waals surface area contributed by atoms with Gasteiger partial charge < -0.3 is 5.32 Å². The molecular weight excluding hydrogens is 288 g/mol. The van der Waals surface area contributed by atoms with E-state index in [-0.39, 0.29) is 5.91 Å². The van der Waals surface area contributed by atoms with E-state index in [2.05, 4.69) is 25.4 Å². The SMILES string of the molecule is CCC(=O)Nc1cc(-n2cncn2)nc(-c2cccs2)n1. The average Bonchev–Trinajstić information content (AvgIpc) is 3.20. The quantitative estimate of drug-likeness (QED) is 0.797. The van der Waals surface area contributed by atoms with Crippen molar-refractivity contribution in [3.63, 3.8) is 0 Å². The van der Waals surface area contributed by atoms with Crippen molar-refractivity contribution in [2.24, 2.45) is 0 Å². The number of nitrogens with zero attached hydrogens (tertiary/aromatic N) is 5. The van der Waals surface area contributed by atoms with Gasteiger partial charge in [-0.2, -0.15) is 5.10 Å². The molecule has 3 aromatic rings. The summed E-state index contributed by atoms with van der Waals surface area (Å²) in [6.45, 7) is 1.79. The molecule has 1 amide bonds. The number of rotatable bonds is 4. The van der Waals surface area contributed by atoms with Crippen LogP contribution in [-0.4, -0.2) is 30.6 Å². The molecule has 0 spiro atoms. The van der Waals surface area contributed by atoms with Crippen molar-refractivity contribution in [1.82, 2.24) is 24.7 Å². The average molecular weight is 300 g/mol. The van der Waals surface area contributed by atoms with Crippen LogP contribution in [-0.2, 0) is 4.79 Å². The zero-order valence-electron chi connectivity index (χ0n) is 11.2. The molecule has 0 aliphatic carbocycles. The van der Waals surface area contributed by atoms with Crippen molar-refractivity contribution >= 4 is 23.1 Å². The Morgan fingerprint density at radius 1 is 1.43 bits per heavy atom. The number of carbonyl (C=O) groups is 1. The van der Waals surface area contributed by atoms with E-state index in [1.807, 2.05) is 17.5 Å². The predicted molar refractivity (Wildman–Crippen MR) is 79.2 cm³/mol. The Balaban J connectivity index is 2.06. The lowest BCUT2D eigenvalue weighted by atomic mass is 10.4. The van der Waals surface area contributed by atoms with E-state index in [9.17, 15) is 4.79 Å². The van der Waals surface area contributed by atoms with Crippen molar-refractivity contribution in [2.45, 2.75) is 13.3 Å². The second-order valence-corrected chi connectivity index (χ2v) is 5.10. The van der Waals surface area contributed by atoms with Crippen LogP contribution in [0.2, 0.25) is 0 Å². The topological polar surface area (TPSA) is 85.6 Å². The Hall–Kier alpha value is -2.61. The summed E-state index contributed by atoms with van der Waals surface area (Å²) < 4.78 is 1.53. The van der Waals surface area contributed by atoms with Crippen molar-refractivity contribution in [2.75, 3.05) is 5.32 Å². The molecule has 0 saturated heterocycles. The summed E-state index contributed by atoms with van der Waals surface area (Å²) in [7, 11) is 0. The number of amides is 1. The third kappa shape index (κ3) is 2.95. The summed E-state index contributed by atoms with van der Waals surface area (Å²) >= 11 is 1.53. The predicted octanol–water partition coefficient (Wildman–Crippen LogP) is 2.13. The molecular formula is C13H12N6OS. The first-order valence-electron chi connectivity index (χ1n) is 6.34. The molecule has 3 rings (SSSR count). The number of carbonyl (C=O) groups excluding carboxylic acids is 1. The summed E-state index contributed by atoms with van der Waals surface area (Å²) in [6, 6.07) is 5.52. The van der Waals surface area contributed by atoms with Crippen molar-refractivity contribution < 1.29 is 4.79 Å². The van der Waals surface area contributed by atoms with Gasteiger partial charge in [-0.3, -0.25) is 4.79 Å². The van der Waals surface area contributed by atoms with Crippen LogP contribution in [0.1, 0.15) is 13.3 Å². The first kappa shape index (κ1) is 13.4. The monoisotopic (exact) mass is 300 g/mol. The van der Waals surface area contributed by atoms with Crippen molar-refractivity contribution in [3.8, 4) is 16.5 Å². The summed E-state index contributed by atoms with van der Waals surface area (Å²) in [5.41, 5.74) is 0. The molecule has 0 saturated carbocycles. The lowest BCUT2D eigenvalue weighted by molar-refractivity contribution is -0.115. The van der Waals surface area contributed by atoms with Crippen LogP contribution in [0.25, 0.3) is 16.5 Å². The van der Waals surface area contributed by atoms with E-state index in [1.165, 1.54) is 22.3 Å². The molecule has 0 atom stereocenters. The number of hydrogen-bond acceptors (Lipinski definition) is 6. The second-order valence-electron chi connectivity index (χ2n) is 4.15. The Labute approximate surface area is 124 Å². The van der Waals surface area contributed by atoms with Gasteiger partial charge >= 0.3 is 0 Å². The lowest BCUT2D eigenvalue weighted by Crippen LogP contribution is -2.12. The van der Waals surface area contributed by atoms with E-state index in [4.69, 9.17) is 0 Å². The molecule has 0 fully saturated rings. The molecule has 7 nitrogen and oxygen atoms in total. The zero-order chi connectivity index (χ0) is 14.7. The first-order chi connectivity index (χ1) is 10.3. The molecule has 1 N–H and O–H groups in total. The molecule has 0 radical (unpaired) electrons. The van der Waals surface area contributed by atoms with Crippen LogP contribution in [0.15, 0.2) is 36.2 Å². The minimum Gasteiger partial charge on any atom is -0.311 e. The van der Waals surface area contributed by atoms with Gasteiger partial charge in [-0.05, 0) is 11.4 Å². The highest BCUT2D eigenvalue weighted by atomic mass is 32.1. The fourth-order valence-electron chi connectivity index (χ4n) is 1.69. The van der Waals surface area contributed by atoms with Gasteiger partial charge in [0.05, 0.1) is 4.88 Å². The highest BCUT2D eigenvalue weighted by Crippen LogP contribution is 2.23. The molecule has 3 heterocycles. The molecule has 3 aromatic heterocycles. The molecule has 106 valence electrons. The van der Waals surface area contributed by atoms with Crippen LogP contribution in [0, 0.1) is 0 Å². The zero-order valence-corrected chi connectivity index (χ0v) is 12.0. The Morgan fingerprint density at radius 3 is 3.00 bits per heavy atom. The highest BCUT2D eigenvalue weighted by molar-refractivity contribution is 7.13. The second kappa shape index (κ2) is 5.80. The van der Waals surface area contributed by atoms with Crippen molar-refractivity contribution in [1.29, 1.82) is 0 Å². The molecule has 0 aliphatic rings. The molecule has 21 heavy (non-hydrogen) atoms. The standard InChI is InChI=1S/C13H12N6OS/c1-2-12(20)16-10-6-11(19-8-14-7-15-19)18-13(17-10)9-4-3-5-21-9/h3-8H,2H2,1H3,(H,16,17,18,20). The maximum atomic E-state index is 11.6. The highest BCUT2D eigenvalue weighted by Gasteiger charge is 2.11. The van der Waals surface area contributed by atoms with E-state index in [0.29, 0.717) is 23.9 Å². The Morgan fingerprint density at radius 2 is 2.33 bits per heavy atom. The molecule has 0 unspecified atom stereocenters.